The fourth-order valence-corrected chi connectivity index (χ4v) is 2.58. The van der Waals surface area contributed by atoms with Crippen LogP contribution in [0.5, 0.6) is 0 Å². The van der Waals surface area contributed by atoms with Crippen molar-refractivity contribution in [2.24, 2.45) is 5.92 Å². The van der Waals surface area contributed by atoms with Crippen LogP contribution < -0.4 is 0 Å². The average molecular weight is 273 g/mol. The molecule has 0 unspecified atom stereocenters. The van der Waals surface area contributed by atoms with E-state index in [4.69, 9.17) is 4.74 Å². The van der Waals surface area contributed by atoms with E-state index >= 15 is 0 Å². The number of piperidine rings is 1. The van der Waals surface area contributed by atoms with Gasteiger partial charge in [-0.05, 0) is 43.8 Å². The number of hydrogen-bond donors (Lipinski definition) is 0. The molecule has 0 bridgehead atoms. The van der Waals surface area contributed by atoms with E-state index in [1.165, 1.54) is 31.5 Å². The highest BCUT2D eigenvalue weighted by Gasteiger charge is 2.15. The summed E-state index contributed by atoms with van der Waals surface area (Å²) in [5.41, 5.74) is 2.47. The van der Waals surface area contributed by atoms with Gasteiger partial charge in [0.15, 0.2) is 0 Å². The molecule has 0 amide bonds. The molecule has 1 fully saturated rings. The number of hydrogen-bond acceptors (Lipinski definition) is 2. The zero-order valence-electron chi connectivity index (χ0n) is 12.9. The van der Waals surface area contributed by atoms with Gasteiger partial charge < -0.3 is 4.74 Å². The number of rotatable bonds is 6. The Bertz CT molecular complexity index is 416. The zero-order chi connectivity index (χ0) is 14.4. The summed E-state index contributed by atoms with van der Waals surface area (Å²) in [7, 11) is 0. The van der Waals surface area contributed by atoms with E-state index in [-0.39, 0.29) is 0 Å². The highest BCUT2D eigenvalue weighted by Crippen LogP contribution is 2.19. The van der Waals surface area contributed by atoms with Crippen molar-refractivity contribution in [3.8, 4) is 0 Å². The normalized spacial score (nSPS) is 17.1. The van der Waals surface area contributed by atoms with Crippen LogP contribution in [0.2, 0.25) is 0 Å². The summed E-state index contributed by atoms with van der Waals surface area (Å²) in [6.45, 7) is 12.7. The molecule has 0 aliphatic carbocycles. The largest absolute Gasteiger partial charge is 0.494 e. The molecule has 2 nitrogen and oxygen atoms in total. The Labute approximate surface area is 123 Å². The van der Waals surface area contributed by atoms with Crippen LogP contribution in [0.15, 0.2) is 30.8 Å². The second-order valence-electron chi connectivity index (χ2n) is 5.93. The minimum Gasteiger partial charge on any atom is -0.494 e. The Kier molecular flexibility index (Phi) is 5.66. The highest BCUT2D eigenvalue weighted by atomic mass is 16.5. The van der Waals surface area contributed by atoms with Gasteiger partial charge in [-0.3, -0.25) is 4.90 Å². The summed E-state index contributed by atoms with van der Waals surface area (Å²) in [5, 5.41) is 0. The fraction of sp³-hybridized carbons (Fsp3) is 0.556. The zero-order valence-corrected chi connectivity index (χ0v) is 12.9. The smallest absolute Gasteiger partial charge is 0.119 e. The molecule has 1 heterocycles. The molecule has 0 aromatic heterocycles. The minimum absolute atomic E-state index is 0.743. The molecule has 110 valence electrons. The van der Waals surface area contributed by atoms with E-state index in [1.54, 1.807) is 0 Å². The fourth-order valence-electron chi connectivity index (χ4n) is 2.58. The van der Waals surface area contributed by atoms with E-state index in [0.29, 0.717) is 0 Å². The van der Waals surface area contributed by atoms with E-state index in [2.05, 4.69) is 49.6 Å². The number of nitrogens with zero attached hydrogens (tertiary/aromatic N) is 1. The van der Waals surface area contributed by atoms with Crippen LogP contribution in [-0.2, 0) is 11.3 Å². The molecule has 0 spiro atoms. The van der Waals surface area contributed by atoms with Gasteiger partial charge in [-0.1, -0.05) is 44.7 Å². The van der Waals surface area contributed by atoms with Crippen molar-refractivity contribution in [3.63, 3.8) is 0 Å². The molecule has 1 aromatic carbocycles. The molecule has 1 aliphatic heterocycles. The van der Waals surface area contributed by atoms with E-state index in [9.17, 15) is 0 Å². The summed E-state index contributed by atoms with van der Waals surface area (Å²) in [6, 6.07) is 8.65. The van der Waals surface area contributed by atoms with E-state index in [1.807, 2.05) is 0 Å². The lowest BCUT2D eigenvalue weighted by Gasteiger charge is -2.30. The Hall–Kier alpha value is -1.28. The first-order valence-electron chi connectivity index (χ1n) is 7.82. The number of likely N-dealkylation sites (tertiary alicyclic amines) is 1. The second-order valence-corrected chi connectivity index (χ2v) is 5.93. The predicted octanol–water partition coefficient (Wildman–Crippen LogP) is 4.32. The quantitative estimate of drug-likeness (QED) is 0.716. The highest BCUT2D eigenvalue weighted by molar-refractivity contribution is 5.57. The minimum atomic E-state index is 0.743. The molecular formula is C18H27NO. The van der Waals surface area contributed by atoms with Crippen LogP contribution >= 0.6 is 0 Å². The summed E-state index contributed by atoms with van der Waals surface area (Å²) in [4.78, 5) is 2.55. The van der Waals surface area contributed by atoms with Crippen molar-refractivity contribution in [1.82, 2.24) is 4.90 Å². The van der Waals surface area contributed by atoms with Crippen LogP contribution in [0.1, 0.15) is 44.2 Å². The summed E-state index contributed by atoms with van der Waals surface area (Å²) >= 11 is 0. The molecule has 0 radical (unpaired) electrons. The lowest BCUT2D eigenvalue weighted by atomic mass is 9.99. The van der Waals surface area contributed by atoms with Gasteiger partial charge in [-0.2, -0.15) is 0 Å². The number of ether oxygens (including phenoxy) is 1. The van der Waals surface area contributed by atoms with Crippen molar-refractivity contribution in [1.29, 1.82) is 0 Å². The Morgan fingerprint density at radius 2 is 1.90 bits per heavy atom. The third kappa shape index (κ3) is 4.38. The monoisotopic (exact) mass is 273 g/mol. The molecule has 0 saturated carbocycles. The molecule has 0 atom stereocenters. The topological polar surface area (TPSA) is 12.5 Å². The summed E-state index contributed by atoms with van der Waals surface area (Å²) in [6.07, 6.45) is 3.68. The van der Waals surface area contributed by atoms with Crippen LogP contribution in [0.25, 0.3) is 5.76 Å². The standard InChI is InChI=1S/C18H27NO/c1-4-13-20-16(3)18-7-5-17(6-8-18)14-19-11-9-15(2)10-12-19/h5-8,15H,3-4,9-14H2,1-2H3. The van der Waals surface area contributed by atoms with Gasteiger partial charge in [0, 0.05) is 12.1 Å². The van der Waals surface area contributed by atoms with Crippen LogP contribution in [0.3, 0.4) is 0 Å². The van der Waals surface area contributed by atoms with Gasteiger partial charge in [-0.25, -0.2) is 0 Å². The molecular weight excluding hydrogens is 246 g/mol. The van der Waals surface area contributed by atoms with Gasteiger partial charge in [0.25, 0.3) is 0 Å². The van der Waals surface area contributed by atoms with Gasteiger partial charge in [-0.15, -0.1) is 0 Å². The molecule has 1 aliphatic rings. The average Bonchev–Trinajstić information content (AvgIpc) is 2.48. The molecule has 1 aromatic rings. The lowest BCUT2D eigenvalue weighted by molar-refractivity contribution is 0.185. The second kappa shape index (κ2) is 7.49. The summed E-state index contributed by atoms with van der Waals surface area (Å²) < 4.78 is 5.57. The first-order chi connectivity index (χ1) is 9.69. The van der Waals surface area contributed by atoms with Crippen molar-refractivity contribution < 1.29 is 4.74 Å². The predicted molar refractivity (Wildman–Crippen MR) is 85.4 cm³/mol. The van der Waals surface area contributed by atoms with Gasteiger partial charge >= 0.3 is 0 Å². The third-order valence-electron chi connectivity index (χ3n) is 4.04. The molecule has 1 saturated heterocycles. The first kappa shape index (κ1) is 15.1. The van der Waals surface area contributed by atoms with Crippen molar-refractivity contribution in [2.45, 2.75) is 39.7 Å². The van der Waals surface area contributed by atoms with Crippen LogP contribution in [0.4, 0.5) is 0 Å². The van der Waals surface area contributed by atoms with Gasteiger partial charge in [0.1, 0.15) is 5.76 Å². The maximum atomic E-state index is 5.57. The lowest BCUT2D eigenvalue weighted by Crippen LogP contribution is -2.32. The van der Waals surface area contributed by atoms with Crippen molar-refractivity contribution in [3.05, 3.63) is 42.0 Å². The third-order valence-corrected chi connectivity index (χ3v) is 4.04. The molecule has 2 rings (SSSR count). The Morgan fingerprint density at radius 3 is 2.50 bits per heavy atom. The molecule has 20 heavy (non-hydrogen) atoms. The van der Waals surface area contributed by atoms with E-state index < -0.39 is 0 Å². The van der Waals surface area contributed by atoms with Crippen molar-refractivity contribution >= 4 is 5.76 Å². The maximum absolute atomic E-state index is 5.57. The maximum Gasteiger partial charge on any atom is 0.119 e. The van der Waals surface area contributed by atoms with Gasteiger partial charge in [0.2, 0.25) is 0 Å². The Balaban J connectivity index is 1.86. The van der Waals surface area contributed by atoms with Crippen LogP contribution in [0, 0.1) is 5.92 Å². The first-order valence-corrected chi connectivity index (χ1v) is 7.82. The van der Waals surface area contributed by atoms with Gasteiger partial charge in [0.05, 0.1) is 6.61 Å². The Morgan fingerprint density at radius 1 is 1.25 bits per heavy atom. The van der Waals surface area contributed by atoms with Crippen LogP contribution in [-0.4, -0.2) is 24.6 Å². The van der Waals surface area contributed by atoms with Crippen molar-refractivity contribution in [2.75, 3.05) is 19.7 Å². The summed E-state index contributed by atoms with van der Waals surface area (Å²) in [5.74, 6) is 1.68. The molecule has 2 heteroatoms. The molecule has 0 N–H and O–H groups in total. The van der Waals surface area contributed by atoms with E-state index in [0.717, 1.165) is 36.8 Å². The SMILES string of the molecule is C=C(OCCC)c1ccc(CN2CCC(C)CC2)cc1. The number of benzene rings is 1.